The van der Waals surface area contributed by atoms with Gasteiger partial charge in [0.25, 0.3) is 0 Å². The van der Waals surface area contributed by atoms with Crippen LogP contribution in [0.5, 0.6) is 5.75 Å². The summed E-state index contributed by atoms with van der Waals surface area (Å²) in [5.41, 5.74) is 3.26. The number of hydrogen-bond acceptors (Lipinski definition) is 5. The lowest BCUT2D eigenvalue weighted by Gasteiger charge is -2.38. The Hall–Kier alpha value is -2.78. The van der Waals surface area contributed by atoms with Gasteiger partial charge in [-0.05, 0) is 43.2 Å². The molecular formula is C23H32N4O4S. The average Bonchev–Trinajstić information content (AvgIpc) is 2.79. The van der Waals surface area contributed by atoms with Crippen molar-refractivity contribution in [1.82, 2.24) is 9.21 Å². The van der Waals surface area contributed by atoms with Gasteiger partial charge < -0.3 is 14.5 Å². The second-order valence-electron chi connectivity index (χ2n) is 8.13. The van der Waals surface area contributed by atoms with Gasteiger partial charge in [0.15, 0.2) is 0 Å². The van der Waals surface area contributed by atoms with Crippen molar-refractivity contribution >= 4 is 27.5 Å². The molecule has 0 atom stereocenters. The second-order valence-corrected chi connectivity index (χ2v) is 10.2. The molecule has 8 nitrogen and oxygen atoms in total. The van der Waals surface area contributed by atoms with Crippen molar-refractivity contribution in [2.45, 2.75) is 13.8 Å². The van der Waals surface area contributed by atoms with Gasteiger partial charge >= 0.3 is 10.2 Å². The summed E-state index contributed by atoms with van der Waals surface area (Å²) in [7, 11) is 0.761. The predicted molar refractivity (Wildman–Crippen MR) is 128 cm³/mol. The Morgan fingerprint density at radius 1 is 1.03 bits per heavy atom. The van der Waals surface area contributed by atoms with Crippen LogP contribution in [0.25, 0.3) is 0 Å². The van der Waals surface area contributed by atoms with Gasteiger partial charge in [-0.1, -0.05) is 24.3 Å². The van der Waals surface area contributed by atoms with Crippen LogP contribution in [0.15, 0.2) is 42.5 Å². The van der Waals surface area contributed by atoms with Crippen molar-refractivity contribution in [2.75, 3.05) is 63.1 Å². The van der Waals surface area contributed by atoms with Gasteiger partial charge in [-0.25, -0.2) is 4.31 Å². The largest absolute Gasteiger partial charge is 0.495 e. The summed E-state index contributed by atoms with van der Waals surface area (Å²) in [6.07, 6.45) is 0. The van der Waals surface area contributed by atoms with Gasteiger partial charge in [-0.15, -0.1) is 0 Å². The molecule has 32 heavy (non-hydrogen) atoms. The molecule has 0 radical (unpaired) electrons. The van der Waals surface area contributed by atoms with Gasteiger partial charge in [0.1, 0.15) is 12.3 Å². The first-order valence-corrected chi connectivity index (χ1v) is 12.0. The minimum absolute atomic E-state index is 0.212. The molecule has 0 spiro atoms. The van der Waals surface area contributed by atoms with Crippen molar-refractivity contribution < 1.29 is 17.9 Å². The van der Waals surface area contributed by atoms with Gasteiger partial charge in [0, 0.05) is 40.3 Å². The number of amides is 1. The van der Waals surface area contributed by atoms with Gasteiger partial charge in [-0.2, -0.15) is 12.7 Å². The van der Waals surface area contributed by atoms with E-state index in [1.165, 1.54) is 18.4 Å². The van der Waals surface area contributed by atoms with E-state index in [9.17, 15) is 13.2 Å². The third-order valence-corrected chi connectivity index (χ3v) is 7.52. The molecule has 1 saturated heterocycles. The standard InChI is InChI=1S/C23H32N4O4S/c1-18-10-11-19(2)21(16-18)27(32(29,30)24(3)4)17-23(28)26-14-12-25(13-15-26)20-8-6-7-9-22(20)31-5/h6-11,16H,12-15,17H2,1-5H3. The maximum absolute atomic E-state index is 13.2. The summed E-state index contributed by atoms with van der Waals surface area (Å²) < 4.78 is 34.0. The lowest BCUT2D eigenvalue weighted by Crippen LogP contribution is -2.53. The number of carbonyl (C=O) groups is 1. The highest BCUT2D eigenvalue weighted by atomic mass is 32.2. The first-order valence-electron chi connectivity index (χ1n) is 10.6. The molecule has 0 bridgehead atoms. The zero-order valence-electron chi connectivity index (χ0n) is 19.4. The average molecular weight is 461 g/mol. The molecule has 1 amide bonds. The number of para-hydroxylation sites is 2. The Morgan fingerprint density at radius 3 is 2.31 bits per heavy atom. The summed E-state index contributed by atoms with van der Waals surface area (Å²) in [5, 5.41) is 0. The van der Waals surface area contributed by atoms with E-state index in [2.05, 4.69) is 4.90 Å². The monoisotopic (exact) mass is 460 g/mol. The summed E-state index contributed by atoms with van der Waals surface area (Å²) in [6.45, 7) is 5.84. The number of ether oxygens (including phenoxy) is 1. The SMILES string of the molecule is COc1ccccc1N1CCN(C(=O)CN(c2cc(C)ccc2C)S(=O)(=O)N(C)C)CC1. The van der Waals surface area contributed by atoms with Gasteiger partial charge in [-0.3, -0.25) is 4.79 Å². The normalized spacial score (nSPS) is 14.6. The molecule has 0 aromatic heterocycles. The van der Waals surface area contributed by atoms with E-state index < -0.39 is 10.2 Å². The van der Waals surface area contributed by atoms with Crippen molar-refractivity contribution in [3.63, 3.8) is 0 Å². The van der Waals surface area contributed by atoms with Crippen molar-refractivity contribution in [1.29, 1.82) is 0 Å². The van der Waals surface area contributed by atoms with Crippen LogP contribution in [-0.4, -0.2) is 77.5 Å². The molecule has 2 aromatic carbocycles. The first-order chi connectivity index (χ1) is 15.1. The van der Waals surface area contributed by atoms with Crippen LogP contribution in [0.4, 0.5) is 11.4 Å². The first kappa shape index (κ1) is 23.9. The summed E-state index contributed by atoms with van der Waals surface area (Å²) >= 11 is 0. The predicted octanol–water partition coefficient (Wildman–Crippen LogP) is 2.27. The molecule has 174 valence electrons. The zero-order chi connectivity index (χ0) is 23.5. The molecule has 0 saturated carbocycles. The van der Waals surface area contributed by atoms with E-state index in [4.69, 9.17) is 4.74 Å². The maximum Gasteiger partial charge on any atom is 0.304 e. The Bertz CT molecular complexity index is 1060. The molecule has 9 heteroatoms. The molecule has 0 unspecified atom stereocenters. The van der Waals surface area contributed by atoms with Crippen LogP contribution in [0.1, 0.15) is 11.1 Å². The topological polar surface area (TPSA) is 73.4 Å². The van der Waals surface area contributed by atoms with Crippen LogP contribution in [0, 0.1) is 13.8 Å². The summed E-state index contributed by atoms with van der Waals surface area (Å²) in [6, 6.07) is 13.4. The number of rotatable bonds is 7. The molecule has 3 rings (SSSR count). The number of nitrogens with zero attached hydrogens (tertiary/aromatic N) is 4. The van der Waals surface area contributed by atoms with Crippen LogP contribution in [-0.2, 0) is 15.0 Å². The van der Waals surface area contributed by atoms with Crippen LogP contribution >= 0.6 is 0 Å². The highest BCUT2D eigenvalue weighted by Crippen LogP contribution is 2.29. The minimum Gasteiger partial charge on any atom is -0.495 e. The highest BCUT2D eigenvalue weighted by Gasteiger charge is 2.31. The lowest BCUT2D eigenvalue weighted by atomic mass is 10.1. The number of anilines is 2. The fourth-order valence-electron chi connectivity index (χ4n) is 3.79. The quantitative estimate of drug-likeness (QED) is 0.634. The Labute approximate surface area is 191 Å². The number of piperazine rings is 1. The van der Waals surface area contributed by atoms with Crippen molar-refractivity contribution in [3.05, 3.63) is 53.6 Å². The van der Waals surface area contributed by atoms with Crippen LogP contribution in [0.3, 0.4) is 0 Å². The molecule has 2 aromatic rings. The molecule has 0 aliphatic carbocycles. The maximum atomic E-state index is 13.2. The third-order valence-electron chi connectivity index (χ3n) is 5.71. The van der Waals surface area contributed by atoms with Crippen molar-refractivity contribution in [2.24, 2.45) is 0 Å². The van der Waals surface area contributed by atoms with E-state index in [0.29, 0.717) is 31.9 Å². The molecule has 1 heterocycles. The summed E-state index contributed by atoms with van der Waals surface area (Å²) in [4.78, 5) is 17.1. The number of carbonyl (C=O) groups excluding carboxylic acids is 1. The molecule has 1 fully saturated rings. The highest BCUT2D eigenvalue weighted by molar-refractivity contribution is 7.90. The molecule has 1 aliphatic rings. The number of hydrogen-bond donors (Lipinski definition) is 0. The molecule has 1 aliphatic heterocycles. The Balaban J connectivity index is 1.77. The fourth-order valence-corrected chi connectivity index (χ4v) is 4.90. The number of benzene rings is 2. The van der Waals surface area contributed by atoms with Crippen LogP contribution < -0.4 is 13.9 Å². The molecule has 0 N–H and O–H groups in total. The number of aryl methyl sites for hydroxylation is 2. The van der Waals surface area contributed by atoms with Crippen molar-refractivity contribution in [3.8, 4) is 5.75 Å². The van der Waals surface area contributed by atoms with Gasteiger partial charge in [0.05, 0.1) is 18.5 Å². The fraction of sp³-hybridized carbons (Fsp3) is 0.435. The minimum atomic E-state index is -3.84. The molecular weight excluding hydrogens is 428 g/mol. The van der Waals surface area contributed by atoms with E-state index in [1.54, 1.807) is 12.0 Å². The third kappa shape index (κ3) is 4.99. The van der Waals surface area contributed by atoms with Gasteiger partial charge in [0.2, 0.25) is 5.91 Å². The summed E-state index contributed by atoms with van der Waals surface area (Å²) in [5.74, 6) is 0.585. The van der Waals surface area contributed by atoms with E-state index in [-0.39, 0.29) is 12.5 Å². The Morgan fingerprint density at radius 2 is 1.69 bits per heavy atom. The van der Waals surface area contributed by atoms with E-state index in [0.717, 1.165) is 26.9 Å². The zero-order valence-corrected chi connectivity index (χ0v) is 20.2. The lowest BCUT2D eigenvalue weighted by molar-refractivity contribution is -0.129. The smallest absolute Gasteiger partial charge is 0.304 e. The second kappa shape index (κ2) is 9.79. The number of methoxy groups -OCH3 is 1. The van der Waals surface area contributed by atoms with E-state index >= 15 is 0 Å². The van der Waals surface area contributed by atoms with Crippen LogP contribution in [0.2, 0.25) is 0 Å². The Kier molecular flexibility index (Phi) is 7.30. The van der Waals surface area contributed by atoms with E-state index in [1.807, 2.05) is 56.3 Å².